The number of benzene rings is 1. The van der Waals surface area contributed by atoms with Crippen LogP contribution in [0.4, 0.5) is 8.78 Å². The van der Waals surface area contributed by atoms with E-state index in [-0.39, 0.29) is 5.75 Å². The molecular weight excluding hydrogens is 260 g/mol. The summed E-state index contributed by atoms with van der Waals surface area (Å²) in [7, 11) is 0. The molecule has 1 N–H and O–H groups in total. The Labute approximate surface area is 110 Å². The van der Waals surface area contributed by atoms with Crippen LogP contribution in [0.15, 0.2) is 18.2 Å². The van der Waals surface area contributed by atoms with E-state index in [1.54, 1.807) is 12.1 Å². The third kappa shape index (κ3) is 3.12. The molecule has 1 aromatic carbocycles. The van der Waals surface area contributed by atoms with Crippen molar-refractivity contribution in [3.8, 4) is 5.75 Å². The Hall–Kier alpha value is -0.870. The van der Waals surface area contributed by atoms with E-state index in [2.05, 4.69) is 17.0 Å². The van der Waals surface area contributed by atoms with Gasteiger partial charge in [0.2, 0.25) is 0 Å². The zero-order valence-corrected chi connectivity index (χ0v) is 10.9. The number of alkyl halides is 2. The molecule has 1 aliphatic heterocycles. The zero-order valence-electron chi connectivity index (χ0n) is 10.1. The van der Waals surface area contributed by atoms with Gasteiger partial charge in [0.1, 0.15) is 5.75 Å². The summed E-state index contributed by atoms with van der Waals surface area (Å²) in [4.78, 5) is 0. The van der Waals surface area contributed by atoms with Gasteiger partial charge in [0.05, 0.1) is 0 Å². The maximum absolute atomic E-state index is 12.1. The van der Waals surface area contributed by atoms with Crippen molar-refractivity contribution in [3.63, 3.8) is 0 Å². The Bertz CT molecular complexity index is 414. The minimum absolute atomic E-state index is 0.111. The quantitative estimate of drug-likeness (QED) is 0.909. The average molecular weight is 276 g/mol. The molecule has 1 fully saturated rings. The van der Waals surface area contributed by atoms with E-state index in [1.165, 1.54) is 6.07 Å². The van der Waals surface area contributed by atoms with Crippen LogP contribution in [0, 0.1) is 5.92 Å². The van der Waals surface area contributed by atoms with E-state index in [0.29, 0.717) is 16.9 Å². The molecule has 0 saturated carbocycles. The van der Waals surface area contributed by atoms with Gasteiger partial charge in [-0.2, -0.15) is 8.78 Å². The maximum Gasteiger partial charge on any atom is 0.387 e. The van der Waals surface area contributed by atoms with Crippen LogP contribution in [-0.4, -0.2) is 19.7 Å². The van der Waals surface area contributed by atoms with Crippen molar-refractivity contribution >= 4 is 11.6 Å². The summed E-state index contributed by atoms with van der Waals surface area (Å²) in [6.07, 6.45) is 1.01. The van der Waals surface area contributed by atoms with Crippen LogP contribution in [0.3, 0.4) is 0 Å². The third-order valence-corrected chi connectivity index (χ3v) is 3.71. The van der Waals surface area contributed by atoms with Crippen LogP contribution in [0.1, 0.15) is 24.8 Å². The number of rotatable bonds is 3. The molecule has 2 nitrogen and oxygen atoms in total. The van der Waals surface area contributed by atoms with Gasteiger partial charge in [-0.1, -0.05) is 24.6 Å². The molecule has 0 aromatic heterocycles. The largest absolute Gasteiger partial charge is 0.435 e. The van der Waals surface area contributed by atoms with Crippen LogP contribution in [0.2, 0.25) is 5.02 Å². The molecule has 100 valence electrons. The Morgan fingerprint density at radius 3 is 2.83 bits per heavy atom. The molecule has 18 heavy (non-hydrogen) atoms. The fraction of sp³-hybridized carbons (Fsp3) is 0.538. The van der Waals surface area contributed by atoms with Crippen molar-refractivity contribution in [1.82, 2.24) is 5.32 Å². The Kier molecular flexibility index (Phi) is 4.40. The number of nitrogens with one attached hydrogen (secondary N) is 1. The third-order valence-electron chi connectivity index (χ3n) is 3.38. The zero-order chi connectivity index (χ0) is 13.1. The summed E-state index contributed by atoms with van der Waals surface area (Å²) in [6.45, 7) is 1.26. The number of ether oxygens (including phenoxy) is 1. The number of hydrogen-bond acceptors (Lipinski definition) is 2. The minimum Gasteiger partial charge on any atom is -0.435 e. The number of halogens is 3. The summed E-state index contributed by atoms with van der Waals surface area (Å²) in [6, 6.07) is 4.83. The van der Waals surface area contributed by atoms with Gasteiger partial charge >= 0.3 is 6.61 Å². The van der Waals surface area contributed by atoms with Crippen LogP contribution in [-0.2, 0) is 0 Å². The van der Waals surface area contributed by atoms with Gasteiger partial charge in [-0.3, -0.25) is 0 Å². The van der Waals surface area contributed by atoms with Crippen molar-refractivity contribution in [2.45, 2.75) is 25.9 Å². The smallest absolute Gasteiger partial charge is 0.387 e. The molecule has 1 aliphatic rings. The summed E-state index contributed by atoms with van der Waals surface area (Å²) in [5, 5.41) is 3.83. The van der Waals surface area contributed by atoms with Crippen LogP contribution >= 0.6 is 11.6 Å². The second-order valence-electron chi connectivity index (χ2n) is 4.64. The van der Waals surface area contributed by atoms with Gasteiger partial charge in [0.25, 0.3) is 0 Å². The molecule has 0 unspecified atom stereocenters. The predicted molar refractivity (Wildman–Crippen MR) is 67.5 cm³/mol. The molecule has 0 amide bonds. The van der Waals surface area contributed by atoms with Gasteiger partial charge in [-0.05, 0) is 49.0 Å². The van der Waals surface area contributed by atoms with E-state index in [9.17, 15) is 8.78 Å². The first-order valence-corrected chi connectivity index (χ1v) is 6.40. The van der Waals surface area contributed by atoms with Gasteiger partial charge in [-0.25, -0.2) is 0 Å². The first-order valence-electron chi connectivity index (χ1n) is 6.03. The molecule has 2 atom stereocenters. The van der Waals surface area contributed by atoms with E-state index in [4.69, 9.17) is 11.6 Å². The molecule has 0 aliphatic carbocycles. The highest BCUT2D eigenvalue weighted by atomic mass is 35.5. The molecule has 5 heteroatoms. The monoisotopic (exact) mass is 275 g/mol. The lowest BCUT2D eigenvalue weighted by atomic mass is 9.82. The first kappa shape index (κ1) is 13.6. The van der Waals surface area contributed by atoms with E-state index in [1.807, 2.05) is 0 Å². The molecule has 1 heterocycles. The molecule has 0 bridgehead atoms. The Morgan fingerprint density at radius 1 is 1.44 bits per heavy atom. The lowest BCUT2D eigenvalue weighted by Gasteiger charge is -2.30. The second kappa shape index (κ2) is 5.85. The standard InChI is InChI=1S/C13H16ClF2NO/c1-8-7-17-5-4-10(8)11-3-2-9(6-12(11)14)18-13(15)16/h2-3,6,8,10,13,17H,4-5,7H2,1H3/t8-,10+/m1/s1. The van der Waals surface area contributed by atoms with Crippen molar-refractivity contribution in [2.75, 3.05) is 13.1 Å². The van der Waals surface area contributed by atoms with E-state index >= 15 is 0 Å². The highest BCUT2D eigenvalue weighted by Gasteiger charge is 2.24. The van der Waals surface area contributed by atoms with Crippen LogP contribution in [0.5, 0.6) is 5.75 Å². The first-order chi connectivity index (χ1) is 8.58. The lowest BCUT2D eigenvalue weighted by Crippen LogP contribution is -2.33. The van der Waals surface area contributed by atoms with Gasteiger partial charge in [0.15, 0.2) is 0 Å². The summed E-state index contributed by atoms with van der Waals surface area (Å²) < 4.78 is 28.5. The minimum atomic E-state index is -2.82. The SMILES string of the molecule is C[C@@H]1CNCC[C@@H]1c1ccc(OC(F)F)cc1Cl. The second-order valence-corrected chi connectivity index (χ2v) is 5.05. The fourth-order valence-electron chi connectivity index (χ4n) is 2.46. The van der Waals surface area contributed by atoms with E-state index < -0.39 is 6.61 Å². The van der Waals surface area contributed by atoms with E-state index in [0.717, 1.165) is 25.1 Å². The maximum atomic E-state index is 12.1. The van der Waals surface area contributed by atoms with Crippen molar-refractivity contribution < 1.29 is 13.5 Å². The average Bonchev–Trinajstić information content (AvgIpc) is 2.30. The van der Waals surface area contributed by atoms with Crippen molar-refractivity contribution in [1.29, 1.82) is 0 Å². The molecule has 0 radical (unpaired) electrons. The Balaban J connectivity index is 2.18. The van der Waals surface area contributed by atoms with Gasteiger partial charge < -0.3 is 10.1 Å². The summed E-state index contributed by atoms with van der Waals surface area (Å²) in [5.74, 6) is 0.970. The van der Waals surface area contributed by atoms with Crippen molar-refractivity contribution in [2.24, 2.45) is 5.92 Å². The summed E-state index contributed by atoms with van der Waals surface area (Å²) in [5.41, 5.74) is 1.02. The number of hydrogen-bond donors (Lipinski definition) is 1. The highest BCUT2D eigenvalue weighted by molar-refractivity contribution is 6.31. The fourth-order valence-corrected chi connectivity index (χ4v) is 2.77. The molecule has 2 rings (SSSR count). The van der Waals surface area contributed by atoms with Crippen molar-refractivity contribution in [3.05, 3.63) is 28.8 Å². The highest BCUT2D eigenvalue weighted by Crippen LogP contribution is 2.36. The molecule has 0 spiro atoms. The Morgan fingerprint density at radius 2 is 2.22 bits per heavy atom. The van der Waals surface area contributed by atoms with Gasteiger partial charge in [0, 0.05) is 5.02 Å². The molecule has 1 saturated heterocycles. The molecule has 1 aromatic rings. The normalized spacial score (nSPS) is 24.3. The molecular formula is C13H16ClF2NO. The topological polar surface area (TPSA) is 21.3 Å². The number of piperidine rings is 1. The van der Waals surface area contributed by atoms with Crippen LogP contribution < -0.4 is 10.1 Å². The van der Waals surface area contributed by atoms with Crippen LogP contribution in [0.25, 0.3) is 0 Å². The predicted octanol–water partition coefficient (Wildman–Crippen LogP) is 3.65. The van der Waals surface area contributed by atoms with Gasteiger partial charge in [-0.15, -0.1) is 0 Å². The summed E-state index contributed by atoms with van der Waals surface area (Å²) >= 11 is 6.17. The lowest BCUT2D eigenvalue weighted by molar-refractivity contribution is -0.0498.